The van der Waals surface area contributed by atoms with Gasteiger partial charge < -0.3 is 15.7 Å². The van der Waals surface area contributed by atoms with Crippen LogP contribution in [-0.4, -0.2) is 34.1 Å². The van der Waals surface area contributed by atoms with E-state index in [-0.39, 0.29) is 12.6 Å². The molecule has 3 N–H and O–H groups in total. The Bertz CT molecular complexity index is 388. The molecule has 1 atom stereocenters. The minimum atomic E-state index is 0.188. The summed E-state index contributed by atoms with van der Waals surface area (Å²) in [6.45, 7) is 3.27. The van der Waals surface area contributed by atoms with Crippen LogP contribution in [0.2, 0.25) is 0 Å². The molecule has 0 bridgehead atoms. The third kappa shape index (κ3) is 2.11. The van der Waals surface area contributed by atoms with Crippen molar-refractivity contribution in [1.29, 1.82) is 0 Å². The predicted molar refractivity (Wildman–Crippen MR) is 69.1 cm³/mol. The zero-order valence-electron chi connectivity index (χ0n) is 10.7. The molecule has 5 heteroatoms. The summed E-state index contributed by atoms with van der Waals surface area (Å²) in [5.74, 6) is 0.977. The number of nitrogens with two attached hydrogens (primary N) is 1. The van der Waals surface area contributed by atoms with Crippen LogP contribution in [0.1, 0.15) is 31.9 Å². The normalized spacial score (nSPS) is 20.2. The molecule has 0 radical (unpaired) electrons. The summed E-state index contributed by atoms with van der Waals surface area (Å²) in [7, 11) is 1.93. The molecule has 2 heterocycles. The van der Waals surface area contributed by atoms with E-state index in [2.05, 4.69) is 16.9 Å². The Balaban J connectivity index is 2.31. The molecular formula is C12H22N4O. The first-order valence-electron chi connectivity index (χ1n) is 6.37. The first kappa shape index (κ1) is 12.2. The van der Waals surface area contributed by atoms with Crippen LogP contribution >= 0.6 is 0 Å². The smallest absolute Gasteiger partial charge is 0.150 e. The Morgan fingerprint density at radius 2 is 2.29 bits per heavy atom. The Morgan fingerprint density at radius 1 is 1.53 bits per heavy atom. The Labute approximate surface area is 102 Å². The Hall–Kier alpha value is -1.23. The zero-order chi connectivity index (χ0) is 12.4. The van der Waals surface area contributed by atoms with Crippen molar-refractivity contribution >= 4 is 11.5 Å². The van der Waals surface area contributed by atoms with E-state index in [0.29, 0.717) is 0 Å². The van der Waals surface area contributed by atoms with Gasteiger partial charge in [-0.1, -0.05) is 13.3 Å². The quantitative estimate of drug-likeness (QED) is 0.818. The van der Waals surface area contributed by atoms with Crippen LogP contribution in [0.25, 0.3) is 0 Å². The van der Waals surface area contributed by atoms with Crippen LogP contribution in [0.15, 0.2) is 0 Å². The minimum Gasteiger partial charge on any atom is -0.394 e. The molecular weight excluding hydrogens is 216 g/mol. The molecule has 1 saturated heterocycles. The number of hydrogen-bond acceptors (Lipinski definition) is 4. The highest BCUT2D eigenvalue weighted by Gasteiger charge is 2.28. The number of nitrogens with zero attached hydrogens (tertiary/aromatic N) is 3. The van der Waals surface area contributed by atoms with Crippen molar-refractivity contribution in [2.75, 3.05) is 23.8 Å². The topological polar surface area (TPSA) is 67.3 Å². The van der Waals surface area contributed by atoms with Gasteiger partial charge in [0.05, 0.1) is 24.0 Å². The summed E-state index contributed by atoms with van der Waals surface area (Å²) in [5, 5.41) is 13.9. The monoisotopic (exact) mass is 238 g/mol. The van der Waals surface area contributed by atoms with Gasteiger partial charge in [0.2, 0.25) is 0 Å². The standard InChI is InChI=1S/C12H22N4O/c1-3-5-10-11(13)12(15(2)14-10)16-7-4-6-9(16)8-17/h9,17H,3-8,13H2,1-2H3. The van der Waals surface area contributed by atoms with Crippen LogP contribution in [0.5, 0.6) is 0 Å². The number of anilines is 2. The summed E-state index contributed by atoms with van der Waals surface area (Å²) in [6, 6.07) is 0.196. The lowest BCUT2D eigenvalue weighted by molar-refractivity contribution is 0.265. The van der Waals surface area contributed by atoms with E-state index >= 15 is 0 Å². The maximum absolute atomic E-state index is 9.38. The summed E-state index contributed by atoms with van der Waals surface area (Å²) < 4.78 is 1.86. The highest BCUT2D eigenvalue weighted by atomic mass is 16.3. The van der Waals surface area contributed by atoms with Gasteiger partial charge in [-0.05, 0) is 19.3 Å². The van der Waals surface area contributed by atoms with Gasteiger partial charge in [-0.2, -0.15) is 5.10 Å². The van der Waals surface area contributed by atoms with Crippen molar-refractivity contribution in [3.8, 4) is 0 Å². The van der Waals surface area contributed by atoms with Crippen LogP contribution in [0.3, 0.4) is 0 Å². The fourth-order valence-corrected chi connectivity index (χ4v) is 2.65. The Morgan fingerprint density at radius 3 is 2.94 bits per heavy atom. The van der Waals surface area contributed by atoms with Crippen LogP contribution in [-0.2, 0) is 13.5 Å². The molecule has 0 aliphatic carbocycles. The zero-order valence-corrected chi connectivity index (χ0v) is 10.7. The highest BCUT2D eigenvalue weighted by Crippen LogP contribution is 2.32. The number of hydrogen-bond donors (Lipinski definition) is 2. The van der Waals surface area contributed by atoms with Gasteiger partial charge in [0, 0.05) is 13.6 Å². The molecule has 1 unspecified atom stereocenters. The third-order valence-electron chi connectivity index (χ3n) is 3.48. The number of nitrogen functional groups attached to an aromatic ring is 1. The number of aliphatic hydroxyl groups excluding tert-OH is 1. The SMILES string of the molecule is CCCc1nn(C)c(N2CCCC2CO)c1N. The summed E-state index contributed by atoms with van der Waals surface area (Å²) in [4.78, 5) is 2.20. The second-order valence-corrected chi connectivity index (χ2v) is 4.73. The van der Waals surface area contributed by atoms with Crippen LogP contribution < -0.4 is 10.6 Å². The van der Waals surface area contributed by atoms with E-state index in [1.54, 1.807) is 0 Å². The van der Waals surface area contributed by atoms with Gasteiger partial charge in [-0.25, -0.2) is 0 Å². The lowest BCUT2D eigenvalue weighted by atomic mass is 10.2. The Kier molecular flexibility index (Phi) is 3.57. The van der Waals surface area contributed by atoms with Crippen molar-refractivity contribution in [1.82, 2.24) is 9.78 Å². The number of rotatable bonds is 4. The highest BCUT2D eigenvalue weighted by molar-refractivity contribution is 5.67. The third-order valence-corrected chi connectivity index (χ3v) is 3.48. The van der Waals surface area contributed by atoms with E-state index in [9.17, 15) is 5.11 Å². The molecule has 1 aliphatic heterocycles. The van der Waals surface area contributed by atoms with Crippen LogP contribution in [0, 0.1) is 0 Å². The maximum Gasteiger partial charge on any atom is 0.150 e. The van der Waals surface area contributed by atoms with Crippen molar-refractivity contribution < 1.29 is 5.11 Å². The molecule has 5 nitrogen and oxygen atoms in total. The van der Waals surface area contributed by atoms with Crippen molar-refractivity contribution in [3.05, 3.63) is 5.69 Å². The van der Waals surface area contributed by atoms with Gasteiger partial charge in [0.1, 0.15) is 0 Å². The van der Waals surface area contributed by atoms with Crippen molar-refractivity contribution in [3.63, 3.8) is 0 Å². The molecule has 0 amide bonds. The number of aliphatic hydroxyl groups is 1. The first-order valence-corrected chi connectivity index (χ1v) is 6.37. The maximum atomic E-state index is 9.38. The molecule has 17 heavy (non-hydrogen) atoms. The second-order valence-electron chi connectivity index (χ2n) is 4.73. The molecule has 0 saturated carbocycles. The fraction of sp³-hybridized carbons (Fsp3) is 0.750. The molecule has 0 aromatic carbocycles. The average molecular weight is 238 g/mol. The van der Waals surface area contributed by atoms with Crippen molar-refractivity contribution in [2.45, 2.75) is 38.6 Å². The number of aryl methyl sites for hydroxylation is 2. The molecule has 0 spiro atoms. The largest absolute Gasteiger partial charge is 0.394 e. The predicted octanol–water partition coefficient (Wildman–Crippen LogP) is 0.916. The number of aromatic nitrogens is 2. The molecule has 1 aromatic rings. The van der Waals surface area contributed by atoms with Crippen molar-refractivity contribution in [2.24, 2.45) is 7.05 Å². The van der Waals surface area contributed by atoms with E-state index in [1.165, 1.54) is 0 Å². The molecule has 1 aromatic heterocycles. The lowest BCUT2D eigenvalue weighted by Crippen LogP contribution is -2.34. The minimum absolute atomic E-state index is 0.188. The first-order chi connectivity index (χ1) is 8.19. The summed E-state index contributed by atoms with van der Waals surface area (Å²) >= 11 is 0. The van der Waals surface area contributed by atoms with Gasteiger partial charge in [-0.15, -0.1) is 0 Å². The summed E-state index contributed by atoms with van der Waals surface area (Å²) in [6.07, 6.45) is 4.10. The van der Waals surface area contributed by atoms with Gasteiger partial charge in [0.15, 0.2) is 5.82 Å². The van der Waals surface area contributed by atoms with E-state index in [0.717, 1.165) is 49.4 Å². The van der Waals surface area contributed by atoms with Crippen LogP contribution in [0.4, 0.5) is 11.5 Å². The van der Waals surface area contributed by atoms with Gasteiger partial charge in [-0.3, -0.25) is 4.68 Å². The average Bonchev–Trinajstić information content (AvgIpc) is 2.85. The molecule has 1 fully saturated rings. The fourth-order valence-electron chi connectivity index (χ4n) is 2.65. The summed E-state index contributed by atoms with van der Waals surface area (Å²) in [5.41, 5.74) is 7.95. The molecule has 2 rings (SSSR count). The van der Waals surface area contributed by atoms with E-state index in [4.69, 9.17) is 5.73 Å². The molecule has 96 valence electrons. The second kappa shape index (κ2) is 4.96. The molecule has 1 aliphatic rings. The van der Waals surface area contributed by atoms with E-state index in [1.807, 2.05) is 11.7 Å². The lowest BCUT2D eigenvalue weighted by Gasteiger charge is -2.25. The van der Waals surface area contributed by atoms with Gasteiger partial charge >= 0.3 is 0 Å². The van der Waals surface area contributed by atoms with E-state index < -0.39 is 0 Å². The van der Waals surface area contributed by atoms with Gasteiger partial charge in [0.25, 0.3) is 0 Å².